The third kappa shape index (κ3) is 4.75. The highest BCUT2D eigenvalue weighted by atomic mass is 35.5. The summed E-state index contributed by atoms with van der Waals surface area (Å²) in [5.41, 5.74) is 0.225. The number of benzene rings is 1. The van der Waals surface area contributed by atoms with Crippen LogP contribution in [0, 0.1) is 17.0 Å². The molecule has 19 heavy (non-hydrogen) atoms. The van der Waals surface area contributed by atoms with Gasteiger partial charge in [-0.2, -0.15) is 0 Å². The second-order valence-corrected chi connectivity index (χ2v) is 5.44. The summed E-state index contributed by atoms with van der Waals surface area (Å²) in [5.74, 6) is 0. The molecular weight excluding hydrogens is 294 g/mol. The van der Waals surface area contributed by atoms with E-state index >= 15 is 0 Å². The van der Waals surface area contributed by atoms with E-state index in [1.807, 2.05) is 0 Å². The van der Waals surface area contributed by atoms with Gasteiger partial charge in [0.15, 0.2) is 0 Å². The maximum Gasteiger partial charge on any atom is 0.269 e. The predicted molar refractivity (Wildman–Crippen MR) is 74.2 cm³/mol. The van der Waals surface area contributed by atoms with Crippen LogP contribution in [0.2, 0.25) is 0 Å². The Bertz CT molecular complexity index is 548. The van der Waals surface area contributed by atoms with Crippen molar-refractivity contribution in [3.8, 4) is 0 Å². The summed E-state index contributed by atoms with van der Waals surface area (Å²) in [6.45, 7) is 2.29. The number of nitro benzene ring substituents is 1. The third-order valence-electron chi connectivity index (χ3n) is 2.33. The fourth-order valence-corrected chi connectivity index (χ4v) is 2.69. The minimum absolute atomic E-state index is 0. The van der Waals surface area contributed by atoms with Crippen LogP contribution in [0.15, 0.2) is 23.1 Å². The Kier molecular flexibility index (Phi) is 6.91. The van der Waals surface area contributed by atoms with Gasteiger partial charge in [-0.3, -0.25) is 10.1 Å². The molecular formula is C10H16ClN3O4S. The number of nitro groups is 1. The van der Waals surface area contributed by atoms with Crippen molar-refractivity contribution >= 4 is 28.1 Å². The van der Waals surface area contributed by atoms with Crippen LogP contribution < -0.4 is 10.0 Å². The Hall–Kier alpha value is -1.22. The monoisotopic (exact) mass is 309 g/mol. The number of likely N-dealkylation sites (N-methyl/N-ethyl adjacent to an activating group) is 1. The van der Waals surface area contributed by atoms with Crippen molar-refractivity contribution in [3.63, 3.8) is 0 Å². The number of halogens is 1. The van der Waals surface area contributed by atoms with Crippen LogP contribution >= 0.6 is 12.4 Å². The molecule has 0 spiro atoms. The molecule has 0 saturated heterocycles. The summed E-state index contributed by atoms with van der Waals surface area (Å²) >= 11 is 0. The number of non-ortho nitro benzene ring substituents is 1. The molecule has 0 radical (unpaired) electrons. The molecule has 9 heteroatoms. The van der Waals surface area contributed by atoms with E-state index in [0.717, 1.165) is 0 Å². The SMILES string of the molecule is CNCCNS(=O)(=O)c1ccc([N+](=O)[O-])cc1C.Cl. The molecule has 0 aliphatic heterocycles. The summed E-state index contributed by atoms with van der Waals surface area (Å²) in [6.07, 6.45) is 0. The number of rotatable bonds is 6. The number of hydrogen-bond donors (Lipinski definition) is 2. The minimum atomic E-state index is -3.62. The van der Waals surface area contributed by atoms with Crippen LogP contribution in [-0.4, -0.2) is 33.5 Å². The molecule has 0 aromatic heterocycles. The van der Waals surface area contributed by atoms with Crippen LogP contribution in [0.5, 0.6) is 0 Å². The van der Waals surface area contributed by atoms with E-state index in [4.69, 9.17) is 0 Å². The zero-order valence-corrected chi connectivity index (χ0v) is 12.2. The lowest BCUT2D eigenvalue weighted by Gasteiger charge is -2.08. The van der Waals surface area contributed by atoms with Gasteiger partial charge in [0, 0.05) is 25.2 Å². The maximum atomic E-state index is 11.9. The molecule has 0 unspecified atom stereocenters. The van der Waals surface area contributed by atoms with E-state index in [9.17, 15) is 18.5 Å². The molecule has 0 amide bonds. The van der Waals surface area contributed by atoms with E-state index < -0.39 is 14.9 Å². The Labute approximate surface area is 118 Å². The molecule has 0 bridgehead atoms. The minimum Gasteiger partial charge on any atom is -0.318 e. The topological polar surface area (TPSA) is 101 Å². The van der Waals surface area contributed by atoms with Crippen molar-refractivity contribution in [1.82, 2.24) is 10.0 Å². The van der Waals surface area contributed by atoms with Gasteiger partial charge in [-0.15, -0.1) is 12.4 Å². The summed E-state index contributed by atoms with van der Waals surface area (Å²) in [7, 11) is -1.90. The van der Waals surface area contributed by atoms with Gasteiger partial charge in [-0.25, -0.2) is 13.1 Å². The van der Waals surface area contributed by atoms with Gasteiger partial charge in [-0.05, 0) is 25.6 Å². The van der Waals surface area contributed by atoms with Crippen LogP contribution in [0.1, 0.15) is 5.56 Å². The predicted octanol–water partition coefficient (Wildman–Crippen LogP) is 0.823. The lowest BCUT2D eigenvalue weighted by molar-refractivity contribution is -0.385. The van der Waals surface area contributed by atoms with Crippen LogP contribution in [0.3, 0.4) is 0 Å². The largest absolute Gasteiger partial charge is 0.318 e. The fraction of sp³-hybridized carbons (Fsp3) is 0.400. The molecule has 0 fully saturated rings. The summed E-state index contributed by atoms with van der Waals surface area (Å²) in [4.78, 5) is 10.1. The van der Waals surface area contributed by atoms with Gasteiger partial charge in [-0.1, -0.05) is 0 Å². The van der Waals surface area contributed by atoms with Crippen LogP contribution in [0.25, 0.3) is 0 Å². The molecule has 0 aliphatic rings. The first-order chi connectivity index (χ1) is 8.38. The van der Waals surface area contributed by atoms with Crippen molar-refractivity contribution in [1.29, 1.82) is 0 Å². The zero-order chi connectivity index (χ0) is 13.8. The fourth-order valence-electron chi connectivity index (χ4n) is 1.44. The van der Waals surface area contributed by atoms with E-state index in [2.05, 4.69) is 10.0 Å². The first-order valence-corrected chi connectivity index (χ1v) is 6.76. The first kappa shape index (κ1) is 17.8. The zero-order valence-electron chi connectivity index (χ0n) is 10.5. The summed E-state index contributed by atoms with van der Waals surface area (Å²) < 4.78 is 26.2. The van der Waals surface area contributed by atoms with E-state index in [-0.39, 0.29) is 29.5 Å². The second kappa shape index (κ2) is 7.39. The highest BCUT2D eigenvalue weighted by Gasteiger charge is 2.18. The molecule has 0 heterocycles. The van der Waals surface area contributed by atoms with Crippen LogP contribution in [0.4, 0.5) is 5.69 Å². The third-order valence-corrected chi connectivity index (χ3v) is 3.95. The first-order valence-electron chi connectivity index (χ1n) is 5.28. The molecule has 2 N–H and O–H groups in total. The number of sulfonamides is 1. The molecule has 0 aliphatic carbocycles. The number of hydrogen-bond acceptors (Lipinski definition) is 5. The summed E-state index contributed by atoms with van der Waals surface area (Å²) in [5, 5.41) is 13.4. The molecule has 7 nitrogen and oxygen atoms in total. The van der Waals surface area contributed by atoms with Gasteiger partial charge < -0.3 is 5.32 Å². The van der Waals surface area contributed by atoms with Crippen LogP contribution in [-0.2, 0) is 10.0 Å². The lowest BCUT2D eigenvalue weighted by Crippen LogP contribution is -2.30. The quantitative estimate of drug-likeness (QED) is 0.460. The Balaban J connectivity index is 0.00000324. The molecule has 1 rings (SSSR count). The average Bonchev–Trinajstić information content (AvgIpc) is 2.28. The highest BCUT2D eigenvalue weighted by molar-refractivity contribution is 7.89. The number of nitrogens with zero attached hydrogens (tertiary/aromatic N) is 1. The van der Waals surface area contributed by atoms with Crippen molar-refractivity contribution in [2.75, 3.05) is 20.1 Å². The van der Waals surface area contributed by atoms with Gasteiger partial charge in [0.05, 0.1) is 9.82 Å². The molecule has 1 aromatic rings. The Morgan fingerprint density at radius 1 is 1.32 bits per heavy atom. The molecule has 0 saturated carbocycles. The average molecular weight is 310 g/mol. The summed E-state index contributed by atoms with van der Waals surface area (Å²) in [6, 6.07) is 3.67. The van der Waals surface area contributed by atoms with Crippen molar-refractivity contribution in [3.05, 3.63) is 33.9 Å². The van der Waals surface area contributed by atoms with Gasteiger partial charge in [0.1, 0.15) is 0 Å². The van der Waals surface area contributed by atoms with Gasteiger partial charge in [0.25, 0.3) is 5.69 Å². The molecule has 108 valence electrons. The standard InChI is InChI=1S/C10H15N3O4S.ClH/c1-8-7-9(13(14)15)3-4-10(8)18(16,17)12-6-5-11-2;/h3-4,7,11-12H,5-6H2,1-2H3;1H. The Morgan fingerprint density at radius 3 is 2.42 bits per heavy atom. The number of nitrogens with one attached hydrogen (secondary N) is 2. The van der Waals surface area contributed by atoms with E-state index in [1.54, 1.807) is 7.05 Å². The lowest BCUT2D eigenvalue weighted by atomic mass is 10.2. The van der Waals surface area contributed by atoms with E-state index in [1.165, 1.54) is 25.1 Å². The van der Waals surface area contributed by atoms with E-state index in [0.29, 0.717) is 12.1 Å². The number of aryl methyl sites for hydroxylation is 1. The smallest absolute Gasteiger partial charge is 0.269 e. The highest BCUT2D eigenvalue weighted by Crippen LogP contribution is 2.20. The van der Waals surface area contributed by atoms with Crippen molar-refractivity contribution < 1.29 is 13.3 Å². The molecule has 1 aromatic carbocycles. The normalized spacial score (nSPS) is 10.8. The van der Waals surface area contributed by atoms with Gasteiger partial charge >= 0.3 is 0 Å². The van der Waals surface area contributed by atoms with Gasteiger partial charge in [0.2, 0.25) is 10.0 Å². The van der Waals surface area contributed by atoms with Crippen molar-refractivity contribution in [2.45, 2.75) is 11.8 Å². The molecule has 0 atom stereocenters. The second-order valence-electron chi connectivity index (χ2n) is 3.71. The van der Waals surface area contributed by atoms with Crippen molar-refractivity contribution in [2.24, 2.45) is 0 Å². The Morgan fingerprint density at radius 2 is 1.95 bits per heavy atom. The maximum absolute atomic E-state index is 11.9.